The summed E-state index contributed by atoms with van der Waals surface area (Å²) in [6.07, 6.45) is 2.24. The van der Waals surface area contributed by atoms with Crippen molar-refractivity contribution >= 4 is 17.7 Å². The van der Waals surface area contributed by atoms with Crippen LogP contribution in [0.25, 0.3) is 0 Å². The summed E-state index contributed by atoms with van der Waals surface area (Å²) in [5.74, 6) is -1.33. The van der Waals surface area contributed by atoms with E-state index in [-0.39, 0.29) is 36.5 Å². The van der Waals surface area contributed by atoms with E-state index < -0.39 is 11.9 Å². The van der Waals surface area contributed by atoms with Gasteiger partial charge in [0.05, 0.1) is 0 Å². The molecule has 2 aromatic rings. The van der Waals surface area contributed by atoms with E-state index in [2.05, 4.69) is 42.3 Å². The first-order chi connectivity index (χ1) is 16.3. The number of carbonyl (C=O) groups excluding carboxylic acids is 3. The van der Waals surface area contributed by atoms with Crippen molar-refractivity contribution in [2.24, 2.45) is 0 Å². The number of carbonyl (C=O) groups is 3. The number of piperidine rings is 2. The summed E-state index contributed by atoms with van der Waals surface area (Å²) < 4.78 is 15.1. The molecule has 6 nitrogen and oxygen atoms in total. The lowest BCUT2D eigenvalue weighted by molar-refractivity contribution is -0.136. The molecule has 1 atom stereocenters. The highest BCUT2D eigenvalue weighted by Crippen LogP contribution is 2.35. The number of fused-ring (bicyclic) bond motifs is 1. The molecule has 0 saturated carbocycles. The van der Waals surface area contributed by atoms with Crippen LogP contribution in [-0.2, 0) is 22.7 Å². The van der Waals surface area contributed by atoms with Gasteiger partial charge in [0.1, 0.15) is 11.9 Å². The predicted octanol–water partition coefficient (Wildman–Crippen LogP) is 3.58. The molecular weight excluding hydrogens is 433 g/mol. The Labute approximate surface area is 199 Å². The Morgan fingerprint density at radius 1 is 1.03 bits per heavy atom. The third-order valence-electron chi connectivity index (χ3n) is 7.56. The van der Waals surface area contributed by atoms with Gasteiger partial charge in [0.25, 0.3) is 5.91 Å². The second-order valence-corrected chi connectivity index (χ2v) is 9.91. The SMILES string of the molecule is Cc1ccc(CN2CCC(c3cc4c(cc3F)C(=O)N(C3CCC(=O)NC3=O)C4)CC2)c(C)c1. The topological polar surface area (TPSA) is 69.7 Å². The Hall–Kier alpha value is -3.06. The van der Waals surface area contributed by atoms with E-state index in [1.165, 1.54) is 27.7 Å². The Kier molecular flexibility index (Phi) is 5.98. The molecule has 178 valence electrons. The van der Waals surface area contributed by atoms with E-state index in [1.807, 2.05) is 6.07 Å². The lowest BCUT2D eigenvalue weighted by Crippen LogP contribution is -2.52. The molecule has 3 heterocycles. The fourth-order valence-corrected chi connectivity index (χ4v) is 5.59. The Bertz CT molecular complexity index is 1170. The number of halogens is 1. The second-order valence-electron chi connectivity index (χ2n) is 9.91. The normalized spacial score (nSPS) is 21.7. The fraction of sp³-hybridized carbons (Fsp3) is 0.444. The summed E-state index contributed by atoms with van der Waals surface area (Å²) in [6, 6.07) is 9.05. The number of rotatable bonds is 4. The number of likely N-dealkylation sites (tertiary alicyclic amines) is 1. The van der Waals surface area contributed by atoms with Crippen molar-refractivity contribution < 1.29 is 18.8 Å². The highest BCUT2D eigenvalue weighted by molar-refractivity contribution is 6.05. The second kappa shape index (κ2) is 8.95. The van der Waals surface area contributed by atoms with Crippen LogP contribution >= 0.6 is 0 Å². The number of nitrogens with zero attached hydrogens (tertiary/aromatic N) is 2. The average molecular weight is 464 g/mol. The third kappa shape index (κ3) is 4.25. The van der Waals surface area contributed by atoms with Crippen LogP contribution in [0.4, 0.5) is 4.39 Å². The maximum absolute atomic E-state index is 15.1. The number of aryl methyl sites for hydroxylation is 2. The maximum Gasteiger partial charge on any atom is 0.255 e. The molecule has 0 radical (unpaired) electrons. The molecule has 5 rings (SSSR count). The largest absolute Gasteiger partial charge is 0.322 e. The monoisotopic (exact) mass is 463 g/mol. The Morgan fingerprint density at radius 2 is 1.79 bits per heavy atom. The zero-order valence-corrected chi connectivity index (χ0v) is 19.7. The van der Waals surface area contributed by atoms with Gasteiger partial charge < -0.3 is 4.90 Å². The van der Waals surface area contributed by atoms with E-state index in [0.717, 1.165) is 38.0 Å². The summed E-state index contributed by atoms with van der Waals surface area (Å²) in [5, 5.41) is 2.31. The number of hydrogen-bond donors (Lipinski definition) is 1. The Balaban J connectivity index is 1.27. The highest BCUT2D eigenvalue weighted by Gasteiger charge is 2.40. The molecule has 0 aromatic heterocycles. The number of amides is 3. The van der Waals surface area contributed by atoms with Crippen LogP contribution in [-0.4, -0.2) is 46.7 Å². The van der Waals surface area contributed by atoms with Crippen molar-refractivity contribution in [2.75, 3.05) is 13.1 Å². The first-order valence-corrected chi connectivity index (χ1v) is 12.1. The van der Waals surface area contributed by atoms with Crippen LogP contribution < -0.4 is 5.32 Å². The first kappa shape index (κ1) is 22.7. The minimum atomic E-state index is -0.683. The highest BCUT2D eigenvalue weighted by atomic mass is 19.1. The van der Waals surface area contributed by atoms with E-state index in [9.17, 15) is 14.4 Å². The van der Waals surface area contributed by atoms with E-state index >= 15 is 4.39 Å². The molecule has 3 aliphatic heterocycles. The third-order valence-corrected chi connectivity index (χ3v) is 7.56. The van der Waals surface area contributed by atoms with E-state index in [4.69, 9.17) is 0 Å². The number of benzene rings is 2. The molecule has 1 unspecified atom stereocenters. The van der Waals surface area contributed by atoms with Gasteiger partial charge in [-0.05, 0) is 80.4 Å². The quantitative estimate of drug-likeness (QED) is 0.704. The first-order valence-electron chi connectivity index (χ1n) is 12.1. The number of nitrogens with one attached hydrogen (secondary N) is 1. The summed E-state index contributed by atoms with van der Waals surface area (Å²) in [5.41, 5.74) is 5.67. The van der Waals surface area contributed by atoms with Gasteiger partial charge in [-0.3, -0.25) is 24.6 Å². The molecule has 3 aliphatic rings. The summed E-state index contributed by atoms with van der Waals surface area (Å²) in [6.45, 7) is 7.23. The molecule has 3 amide bonds. The van der Waals surface area contributed by atoms with Gasteiger partial charge in [0.15, 0.2) is 0 Å². The van der Waals surface area contributed by atoms with Crippen LogP contribution in [0.5, 0.6) is 0 Å². The van der Waals surface area contributed by atoms with Crippen LogP contribution in [0.1, 0.15) is 69.8 Å². The standard InChI is InChI=1S/C27H30FN3O3/c1-16-3-4-19(17(2)11-16)14-30-9-7-18(8-10-30)21-12-20-15-31(27(34)22(20)13-23(21)28)24-5-6-25(32)29-26(24)33/h3-4,11-13,18,24H,5-10,14-15H2,1-2H3,(H,29,32,33). The zero-order chi connectivity index (χ0) is 24.0. The van der Waals surface area contributed by atoms with Gasteiger partial charge in [-0.2, -0.15) is 0 Å². The molecule has 0 bridgehead atoms. The maximum atomic E-state index is 15.1. The summed E-state index contributed by atoms with van der Waals surface area (Å²) in [4.78, 5) is 40.5. The van der Waals surface area contributed by atoms with E-state index in [0.29, 0.717) is 17.5 Å². The van der Waals surface area contributed by atoms with Crippen molar-refractivity contribution in [3.63, 3.8) is 0 Å². The lowest BCUT2D eigenvalue weighted by atomic mass is 9.87. The van der Waals surface area contributed by atoms with E-state index in [1.54, 1.807) is 0 Å². The Morgan fingerprint density at radius 3 is 2.50 bits per heavy atom. The summed E-state index contributed by atoms with van der Waals surface area (Å²) >= 11 is 0. The van der Waals surface area contributed by atoms with Crippen LogP contribution in [0.2, 0.25) is 0 Å². The zero-order valence-electron chi connectivity index (χ0n) is 19.7. The minimum Gasteiger partial charge on any atom is -0.322 e. The fourth-order valence-electron chi connectivity index (χ4n) is 5.59. The van der Waals surface area contributed by atoms with Gasteiger partial charge in [-0.15, -0.1) is 0 Å². The molecule has 2 aromatic carbocycles. The van der Waals surface area contributed by atoms with Gasteiger partial charge in [0, 0.05) is 25.1 Å². The van der Waals surface area contributed by atoms with Gasteiger partial charge in [-0.25, -0.2) is 4.39 Å². The van der Waals surface area contributed by atoms with Crippen LogP contribution in [0, 0.1) is 19.7 Å². The molecule has 7 heteroatoms. The number of imide groups is 1. The molecule has 1 N–H and O–H groups in total. The van der Waals surface area contributed by atoms with Crippen LogP contribution in [0.3, 0.4) is 0 Å². The van der Waals surface area contributed by atoms with Crippen molar-refractivity contribution in [3.8, 4) is 0 Å². The molecule has 2 saturated heterocycles. The summed E-state index contributed by atoms with van der Waals surface area (Å²) in [7, 11) is 0. The average Bonchev–Trinajstić information content (AvgIpc) is 3.11. The molecule has 0 aliphatic carbocycles. The predicted molar refractivity (Wildman–Crippen MR) is 126 cm³/mol. The number of hydrogen-bond acceptors (Lipinski definition) is 4. The van der Waals surface area contributed by atoms with Crippen LogP contribution in [0.15, 0.2) is 30.3 Å². The van der Waals surface area contributed by atoms with Crippen molar-refractivity contribution in [2.45, 2.75) is 64.6 Å². The van der Waals surface area contributed by atoms with Gasteiger partial charge >= 0.3 is 0 Å². The molecular formula is C27H30FN3O3. The molecule has 34 heavy (non-hydrogen) atoms. The molecule has 2 fully saturated rings. The van der Waals surface area contributed by atoms with Crippen molar-refractivity contribution in [1.29, 1.82) is 0 Å². The van der Waals surface area contributed by atoms with Gasteiger partial charge in [0.2, 0.25) is 11.8 Å². The lowest BCUT2D eigenvalue weighted by Gasteiger charge is -2.33. The van der Waals surface area contributed by atoms with Gasteiger partial charge in [-0.1, -0.05) is 29.8 Å². The smallest absolute Gasteiger partial charge is 0.255 e. The minimum absolute atomic E-state index is 0.111. The van der Waals surface area contributed by atoms with Crippen molar-refractivity contribution in [1.82, 2.24) is 15.1 Å². The van der Waals surface area contributed by atoms with Crippen molar-refractivity contribution in [3.05, 3.63) is 69.5 Å². The molecule has 0 spiro atoms.